The smallest absolute Gasteiger partial charge is 0.299 e. The predicted octanol–water partition coefficient (Wildman–Crippen LogP) is 4.65. The van der Waals surface area contributed by atoms with Crippen molar-refractivity contribution >= 4 is 33.6 Å². The van der Waals surface area contributed by atoms with E-state index >= 15 is 0 Å². The normalized spacial score (nSPS) is 12.0. The molecule has 0 aliphatic carbocycles. The number of fused-ring (bicyclic) bond motifs is 1. The van der Waals surface area contributed by atoms with Gasteiger partial charge in [0.25, 0.3) is 0 Å². The third-order valence-electron chi connectivity index (χ3n) is 2.96. The molecule has 0 fully saturated rings. The zero-order valence-corrected chi connectivity index (χ0v) is 12.2. The molecule has 0 atom stereocenters. The van der Waals surface area contributed by atoms with Gasteiger partial charge in [-0.1, -0.05) is 6.07 Å². The molecule has 0 spiro atoms. The first-order valence-electron chi connectivity index (χ1n) is 5.75. The first kappa shape index (κ1) is 13.4. The van der Waals surface area contributed by atoms with E-state index in [1.807, 2.05) is 24.3 Å². The quantitative estimate of drug-likeness (QED) is 0.555. The van der Waals surface area contributed by atoms with Crippen molar-refractivity contribution in [3.8, 4) is 5.69 Å². The lowest BCUT2D eigenvalue weighted by Gasteiger charge is -2.07. The van der Waals surface area contributed by atoms with E-state index in [2.05, 4.69) is 27.6 Å². The predicted molar refractivity (Wildman–Crippen MR) is 78.8 cm³/mol. The van der Waals surface area contributed by atoms with Crippen molar-refractivity contribution in [1.82, 2.24) is 9.55 Å². The summed E-state index contributed by atoms with van der Waals surface area (Å²) in [5, 5.41) is 0. The molecule has 0 unspecified atom stereocenters. The summed E-state index contributed by atoms with van der Waals surface area (Å²) >= 11 is 2.19. The molecule has 0 amide bonds. The SMILES string of the molecule is FC(F)(F)c1ccc2c(c1)ncn2-c1cccc(I)c1. The van der Waals surface area contributed by atoms with Crippen LogP contribution in [-0.4, -0.2) is 9.55 Å². The van der Waals surface area contributed by atoms with Crippen molar-refractivity contribution in [2.75, 3.05) is 0 Å². The van der Waals surface area contributed by atoms with Crippen molar-refractivity contribution in [2.45, 2.75) is 6.18 Å². The summed E-state index contributed by atoms with van der Waals surface area (Å²) in [7, 11) is 0. The summed E-state index contributed by atoms with van der Waals surface area (Å²) in [6.07, 6.45) is -2.81. The maximum atomic E-state index is 12.7. The minimum absolute atomic E-state index is 0.332. The van der Waals surface area contributed by atoms with Gasteiger partial charge in [-0.15, -0.1) is 0 Å². The molecule has 0 radical (unpaired) electrons. The van der Waals surface area contributed by atoms with Crippen LogP contribution in [0.2, 0.25) is 0 Å². The van der Waals surface area contributed by atoms with Crippen LogP contribution in [0.5, 0.6) is 0 Å². The number of hydrogen-bond donors (Lipinski definition) is 0. The molecule has 1 aromatic heterocycles. The number of alkyl halides is 3. The van der Waals surface area contributed by atoms with Crippen LogP contribution in [0.1, 0.15) is 5.56 Å². The second-order valence-corrected chi connectivity index (χ2v) is 5.54. The van der Waals surface area contributed by atoms with Crippen molar-refractivity contribution in [2.24, 2.45) is 0 Å². The Labute approximate surface area is 126 Å². The summed E-state index contributed by atoms with van der Waals surface area (Å²) in [4.78, 5) is 4.06. The molecular formula is C14H8F3IN2. The highest BCUT2D eigenvalue weighted by molar-refractivity contribution is 14.1. The molecule has 0 bridgehead atoms. The van der Waals surface area contributed by atoms with Crippen molar-refractivity contribution < 1.29 is 13.2 Å². The zero-order chi connectivity index (χ0) is 14.3. The Bertz CT molecular complexity index is 777. The average Bonchev–Trinajstić information content (AvgIpc) is 2.80. The summed E-state index contributed by atoms with van der Waals surface area (Å²) in [5.74, 6) is 0. The van der Waals surface area contributed by atoms with Gasteiger partial charge in [-0.2, -0.15) is 13.2 Å². The molecule has 1 heterocycles. The lowest BCUT2D eigenvalue weighted by atomic mass is 10.2. The fourth-order valence-corrected chi connectivity index (χ4v) is 2.55. The molecule has 0 aliphatic rings. The molecule has 2 aromatic carbocycles. The monoisotopic (exact) mass is 388 g/mol. The Balaban J connectivity index is 2.15. The van der Waals surface area contributed by atoms with Gasteiger partial charge >= 0.3 is 6.18 Å². The fraction of sp³-hybridized carbons (Fsp3) is 0.0714. The van der Waals surface area contributed by atoms with Gasteiger partial charge in [0, 0.05) is 9.26 Å². The highest BCUT2D eigenvalue weighted by Crippen LogP contribution is 2.31. The lowest BCUT2D eigenvalue weighted by Crippen LogP contribution is -2.04. The topological polar surface area (TPSA) is 17.8 Å². The summed E-state index contributed by atoms with van der Waals surface area (Å²) in [5.41, 5.74) is 1.18. The molecule has 6 heteroatoms. The molecular weight excluding hydrogens is 380 g/mol. The van der Waals surface area contributed by atoms with E-state index in [-0.39, 0.29) is 0 Å². The summed E-state index contributed by atoms with van der Waals surface area (Å²) < 4.78 is 40.8. The van der Waals surface area contributed by atoms with E-state index in [0.29, 0.717) is 11.0 Å². The van der Waals surface area contributed by atoms with Gasteiger partial charge in [0.05, 0.1) is 16.6 Å². The van der Waals surface area contributed by atoms with Crippen LogP contribution in [0.25, 0.3) is 16.7 Å². The summed E-state index contributed by atoms with van der Waals surface area (Å²) in [6.45, 7) is 0. The van der Waals surface area contributed by atoms with Crippen LogP contribution >= 0.6 is 22.6 Å². The molecule has 0 N–H and O–H groups in total. The minimum Gasteiger partial charge on any atom is -0.299 e. The number of nitrogens with zero attached hydrogens (tertiary/aromatic N) is 2. The van der Waals surface area contributed by atoms with E-state index in [4.69, 9.17) is 0 Å². The molecule has 0 saturated carbocycles. The third kappa shape index (κ3) is 2.39. The molecule has 2 nitrogen and oxygen atoms in total. The molecule has 0 aliphatic heterocycles. The van der Waals surface area contributed by atoms with E-state index in [1.54, 1.807) is 4.57 Å². The van der Waals surface area contributed by atoms with Crippen molar-refractivity contribution in [3.63, 3.8) is 0 Å². The van der Waals surface area contributed by atoms with Gasteiger partial charge < -0.3 is 0 Å². The number of imidazole rings is 1. The van der Waals surface area contributed by atoms with Crippen LogP contribution in [0, 0.1) is 3.57 Å². The number of halogens is 4. The van der Waals surface area contributed by atoms with Gasteiger partial charge in [-0.3, -0.25) is 4.57 Å². The molecule has 3 aromatic rings. The van der Waals surface area contributed by atoms with Gasteiger partial charge in [0.2, 0.25) is 0 Å². The Hall–Kier alpha value is -1.57. The third-order valence-corrected chi connectivity index (χ3v) is 3.63. The van der Waals surface area contributed by atoms with Crippen molar-refractivity contribution in [3.05, 3.63) is 57.9 Å². The Morgan fingerprint density at radius 2 is 1.85 bits per heavy atom. The fourth-order valence-electron chi connectivity index (χ4n) is 2.02. The van der Waals surface area contributed by atoms with Crippen LogP contribution in [0.15, 0.2) is 48.8 Å². The minimum atomic E-state index is -4.35. The Morgan fingerprint density at radius 1 is 1.05 bits per heavy atom. The van der Waals surface area contributed by atoms with E-state index in [9.17, 15) is 13.2 Å². The van der Waals surface area contributed by atoms with E-state index in [1.165, 1.54) is 12.4 Å². The molecule has 20 heavy (non-hydrogen) atoms. The van der Waals surface area contributed by atoms with E-state index in [0.717, 1.165) is 21.4 Å². The lowest BCUT2D eigenvalue weighted by molar-refractivity contribution is -0.137. The standard InChI is InChI=1S/C14H8F3IN2/c15-14(16,17)9-4-5-13-12(6-9)19-8-20(13)11-3-1-2-10(18)7-11/h1-8H. The Kier molecular flexibility index (Phi) is 3.19. The van der Waals surface area contributed by atoms with Crippen LogP contribution in [0.4, 0.5) is 13.2 Å². The highest BCUT2D eigenvalue weighted by Gasteiger charge is 2.30. The molecule has 3 rings (SSSR count). The Morgan fingerprint density at radius 3 is 2.55 bits per heavy atom. The number of aromatic nitrogens is 2. The van der Waals surface area contributed by atoms with E-state index < -0.39 is 11.7 Å². The molecule has 0 saturated heterocycles. The second kappa shape index (κ2) is 4.76. The van der Waals surface area contributed by atoms with Gasteiger partial charge in [0.1, 0.15) is 6.33 Å². The first-order chi connectivity index (χ1) is 9.45. The van der Waals surface area contributed by atoms with Gasteiger partial charge in [-0.25, -0.2) is 4.98 Å². The number of rotatable bonds is 1. The van der Waals surface area contributed by atoms with Crippen molar-refractivity contribution in [1.29, 1.82) is 0 Å². The maximum Gasteiger partial charge on any atom is 0.416 e. The summed E-state index contributed by atoms with van der Waals surface area (Å²) in [6, 6.07) is 11.3. The van der Waals surface area contributed by atoms with Crippen LogP contribution < -0.4 is 0 Å². The first-order valence-corrected chi connectivity index (χ1v) is 6.83. The highest BCUT2D eigenvalue weighted by atomic mass is 127. The van der Waals surface area contributed by atoms with Gasteiger partial charge in [-0.05, 0) is 59.0 Å². The largest absolute Gasteiger partial charge is 0.416 e. The molecule has 102 valence electrons. The van der Waals surface area contributed by atoms with Crippen LogP contribution in [-0.2, 0) is 6.18 Å². The van der Waals surface area contributed by atoms with Crippen LogP contribution in [0.3, 0.4) is 0 Å². The zero-order valence-electron chi connectivity index (χ0n) is 10.0. The van der Waals surface area contributed by atoms with Gasteiger partial charge in [0.15, 0.2) is 0 Å². The average molecular weight is 388 g/mol. The number of benzene rings is 2. The second-order valence-electron chi connectivity index (χ2n) is 4.30. The maximum absolute atomic E-state index is 12.7. The number of hydrogen-bond acceptors (Lipinski definition) is 1.